The number of hydrogen-bond donors (Lipinski definition) is 5. The van der Waals surface area contributed by atoms with Gasteiger partial charge >= 0.3 is 6.09 Å². The van der Waals surface area contributed by atoms with Crippen molar-refractivity contribution in [3.05, 3.63) is 59.7 Å². The first kappa shape index (κ1) is 30.7. The first-order valence-corrected chi connectivity index (χ1v) is 13.7. The molecule has 0 bridgehead atoms. The van der Waals surface area contributed by atoms with E-state index in [0.29, 0.717) is 11.1 Å². The fourth-order valence-electron chi connectivity index (χ4n) is 4.85. The predicted molar refractivity (Wildman–Crippen MR) is 150 cm³/mol. The first-order valence-electron chi connectivity index (χ1n) is 13.7. The fraction of sp³-hybridized carbons (Fsp3) is 0.500. The van der Waals surface area contributed by atoms with Crippen LogP contribution < -0.4 is 10.6 Å². The number of nitrogens with zero attached hydrogens (tertiary/aromatic N) is 1. The number of carbonyl (C=O) groups is 3. The van der Waals surface area contributed by atoms with Crippen LogP contribution in [0.5, 0.6) is 11.5 Å². The standard InChI is InChI=1S/C30H41N3O7/c1-30(2,3)40-29(39)32-25(19-20-9-13-23(35)14-10-20)28(38)33(17-18-34)26(21-11-15-24(36)16-12-21)27(37)31-22-7-5-4-6-8-22/h9-16,22,25-26,34-36H,4-8,17-19H2,1-3H3,(H,31,37)(H,32,39). The van der Waals surface area contributed by atoms with Crippen LogP contribution >= 0.6 is 0 Å². The summed E-state index contributed by atoms with van der Waals surface area (Å²) in [4.78, 5) is 41.9. The zero-order valence-corrected chi connectivity index (χ0v) is 23.4. The number of hydrogen-bond acceptors (Lipinski definition) is 7. The number of ether oxygens (including phenoxy) is 1. The van der Waals surface area contributed by atoms with Gasteiger partial charge in [0.15, 0.2) is 0 Å². The number of nitrogens with one attached hydrogen (secondary N) is 2. The lowest BCUT2D eigenvalue weighted by Gasteiger charge is -2.35. The molecule has 3 rings (SSSR count). The highest BCUT2D eigenvalue weighted by atomic mass is 16.6. The van der Waals surface area contributed by atoms with Gasteiger partial charge in [0.25, 0.3) is 0 Å². The van der Waals surface area contributed by atoms with Crippen LogP contribution in [0.2, 0.25) is 0 Å². The van der Waals surface area contributed by atoms with Crippen LogP contribution in [-0.4, -0.2) is 69.0 Å². The fourth-order valence-corrected chi connectivity index (χ4v) is 4.85. The largest absolute Gasteiger partial charge is 0.508 e. The van der Waals surface area contributed by atoms with E-state index in [2.05, 4.69) is 10.6 Å². The number of alkyl carbamates (subject to hydrolysis) is 1. The summed E-state index contributed by atoms with van der Waals surface area (Å²) in [5.41, 5.74) is 0.299. The number of aliphatic hydroxyl groups is 1. The van der Waals surface area contributed by atoms with Gasteiger partial charge in [-0.15, -0.1) is 0 Å². The van der Waals surface area contributed by atoms with E-state index in [4.69, 9.17) is 4.74 Å². The molecular weight excluding hydrogens is 514 g/mol. The summed E-state index contributed by atoms with van der Waals surface area (Å²) >= 11 is 0. The minimum Gasteiger partial charge on any atom is -0.508 e. The number of phenolic OH excluding ortho intramolecular Hbond substituents is 2. The van der Waals surface area contributed by atoms with E-state index < -0.39 is 42.2 Å². The number of phenols is 2. The Labute approximate surface area is 235 Å². The highest BCUT2D eigenvalue weighted by molar-refractivity contribution is 5.92. The molecule has 2 unspecified atom stereocenters. The Balaban J connectivity index is 1.97. The first-order chi connectivity index (χ1) is 19.0. The van der Waals surface area contributed by atoms with Gasteiger partial charge in [0, 0.05) is 19.0 Å². The van der Waals surface area contributed by atoms with E-state index in [1.807, 2.05) is 0 Å². The van der Waals surface area contributed by atoms with Crippen molar-refractivity contribution in [2.75, 3.05) is 13.2 Å². The molecule has 218 valence electrons. The SMILES string of the molecule is CC(C)(C)OC(=O)NC(Cc1ccc(O)cc1)C(=O)N(CCO)C(C(=O)NC1CCCCC1)c1ccc(O)cc1. The number of aliphatic hydroxyl groups excluding tert-OH is 1. The minimum absolute atomic E-state index is 0.00650. The van der Waals surface area contributed by atoms with E-state index in [9.17, 15) is 29.7 Å². The van der Waals surface area contributed by atoms with E-state index in [0.717, 1.165) is 32.1 Å². The van der Waals surface area contributed by atoms with Crippen molar-refractivity contribution in [1.29, 1.82) is 0 Å². The van der Waals surface area contributed by atoms with Crippen molar-refractivity contribution in [3.63, 3.8) is 0 Å². The normalized spacial score (nSPS) is 15.5. The Morgan fingerprint density at radius 2 is 1.52 bits per heavy atom. The molecule has 1 fully saturated rings. The highest BCUT2D eigenvalue weighted by Crippen LogP contribution is 2.27. The summed E-state index contributed by atoms with van der Waals surface area (Å²) in [6.45, 7) is 4.52. The second kappa shape index (κ2) is 14.0. The molecule has 1 aliphatic carbocycles. The van der Waals surface area contributed by atoms with Crippen LogP contribution in [0.4, 0.5) is 4.79 Å². The Morgan fingerprint density at radius 3 is 2.08 bits per heavy atom. The topological polar surface area (TPSA) is 148 Å². The molecule has 0 aliphatic heterocycles. The number of benzene rings is 2. The molecule has 0 heterocycles. The van der Waals surface area contributed by atoms with Gasteiger partial charge < -0.3 is 35.6 Å². The lowest BCUT2D eigenvalue weighted by atomic mass is 9.94. The molecule has 0 saturated heterocycles. The number of amides is 3. The Kier molecular flexibility index (Phi) is 10.8. The second-order valence-corrected chi connectivity index (χ2v) is 11.2. The molecule has 0 aromatic heterocycles. The van der Waals surface area contributed by atoms with Gasteiger partial charge in [0.2, 0.25) is 11.8 Å². The van der Waals surface area contributed by atoms with Gasteiger partial charge in [-0.05, 0) is 69.0 Å². The average Bonchev–Trinajstić information content (AvgIpc) is 2.89. The maximum absolute atomic E-state index is 14.1. The predicted octanol–water partition coefficient (Wildman–Crippen LogP) is 3.54. The monoisotopic (exact) mass is 555 g/mol. The molecule has 2 aromatic rings. The van der Waals surface area contributed by atoms with Gasteiger partial charge in [0.1, 0.15) is 29.2 Å². The molecule has 40 heavy (non-hydrogen) atoms. The molecule has 3 amide bonds. The van der Waals surface area contributed by atoms with Gasteiger partial charge in [-0.2, -0.15) is 0 Å². The molecule has 2 aromatic carbocycles. The molecule has 1 aliphatic rings. The molecule has 0 spiro atoms. The van der Waals surface area contributed by atoms with E-state index >= 15 is 0 Å². The Bertz CT molecular complexity index is 1120. The Hall–Kier alpha value is -3.79. The van der Waals surface area contributed by atoms with Crippen molar-refractivity contribution in [3.8, 4) is 11.5 Å². The lowest BCUT2D eigenvalue weighted by Crippen LogP contribution is -2.55. The van der Waals surface area contributed by atoms with E-state index in [-0.39, 0.29) is 30.5 Å². The average molecular weight is 556 g/mol. The van der Waals surface area contributed by atoms with Crippen LogP contribution in [0.15, 0.2) is 48.5 Å². The molecule has 0 radical (unpaired) electrons. The van der Waals surface area contributed by atoms with Crippen molar-refractivity contribution >= 4 is 17.9 Å². The molecule has 1 saturated carbocycles. The zero-order valence-electron chi connectivity index (χ0n) is 23.4. The van der Waals surface area contributed by atoms with Gasteiger partial charge in [-0.25, -0.2) is 4.79 Å². The number of aromatic hydroxyl groups is 2. The van der Waals surface area contributed by atoms with Crippen LogP contribution in [0.1, 0.15) is 70.0 Å². The minimum atomic E-state index is -1.15. The third-order valence-electron chi connectivity index (χ3n) is 6.71. The summed E-state index contributed by atoms with van der Waals surface area (Å²) < 4.78 is 5.40. The van der Waals surface area contributed by atoms with Gasteiger partial charge in [-0.1, -0.05) is 43.5 Å². The molecule has 2 atom stereocenters. The smallest absolute Gasteiger partial charge is 0.408 e. The molecular formula is C30H41N3O7. The summed E-state index contributed by atoms with van der Waals surface area (Å²) in [7, 11) is 0. The maximum atomic E-state index is 14.1. The zero-order chi connectivity index (χ0) is 29.3. The third kappa shape index (κ3) is 9.15. The van der Waals surface area contributed by atoms with Crippen LogP contribution in [-0.2, 0) is 20.7 Å². The summed E-state index contributed by atoms with van der Waals surface area (Å²) in [5, 5.41) is 35.2. The van der Waals surface area contributed by atoms with Crippen LogP contribution in [0, 0.1) is 0 Å². The van der Waals surface area contributed by atoms with Gasteiger partial charge in [-0.3, -0.25) is 9.59 Å². The second-order valence-electron chi connectivity index (χ2n) is 11.2. The highest BCUT2D eigenvalue weighted by Gasteiger charge is 2.37. The Morgan fingerprint density at radius 1 is 0.950 bits per heavy atom. The maximum Gasteiger partial charge on any atom is 0.408 e. The van der Waals surface area contributed by atoms with Gasteiger partial charge in [0.05, 0.1) is 6.61 Å². The summed E-state index contributed by atoms with van der Waals surface area (Å²) in [6.07, 6.45) is 4.04. The number of carbonyl (C=O) groups excluding carboxylic acids is 3. The van der Waals surface area contributed by atoms with E-state index in [1.54, 1.807) is 45.0 Å². The quantitative estimate of drug-likeness (QED) is 0.301. The van der Waals surface area contributed by atoms with Crippen molar-refractivity contribution < 1.29 is 34.4 Å². The van der Waals surface area contributed by atoms with Crippen molar-refractivity contribution in [1.82, 2.24) is 15.5 Å². The van der Waals surface area contributed by atoms with Crippen molar-refractivity contribution in [2.24, 2.45) is 0 Å². The summed E-state index contributed by atoms with van der Waals surface area (Å²) in [6, 6.07) is 9.93. The third-order valence-corrected chi connectivity index (χ3v) is 6.71. The van der Waals surface area contributed by atoms with E-state index in [1.165, 1.54) is 29.2 Å². The van der Waals surface area contributed by atoms with Crippen LogP contribution in [0.25, 0.3) is 0 Å². The van der Waals surface area contributed by atoms with Crippen LogP contribution in [0.3, 0.4) is 0 Å². The summed E-state index contributed by atoms with van der Waals surface area (Å²) in [5.74, 6) is -0.933. The number of rotatable bonds is 10. The molecule has 10 heteroatoms. The van der Waals surface area contributed by atoms with Crippen molar-refractivity contribution in [2.45, 2.75) is 83.0 Å². The molecule has 5 N–H and O–H groups in total. The lowest BCUT2D eigenvalue weighted by molar-refractivity contribution is -0.143. The molecule has 10 nitrogen and oxygen atoms in total.